The summed E-state index contributed by atoms with van der Waals surface area (Å²) in [6, 6.07) is 24.8. The number of nitrogens with one attached hydrogen (secondary N) is 1. The molecule has 3 aromatic carbocycles. The Kier molecular flexibility index (Phi) is 6.92. The zero-order valence-electron chi connectivity index (χ0n) is 22.8. The van der Waals surface area contributed by atoms with Gasteiger partial charge in [0.25, 0.3) is 0 Å². The number of fused-ring (bicyclic) bond motifs is 4. The summed E-state index contributed by atoms with van der Waals surface area (Å²) in [5, 5.41) is 5.04. The largest absolute Gasteiger partial charge is 0.448 e. The van der Waals surface area contributed by atoms with E-state index in [0.717, 1.165) is 65.2 Å². The maximum Gasteiger partial charge on any atom is 0.411 e. The van der Waals surface area contributed by atoms with Gasteiger partial charge in [-0.25, -0.2) is 14.8 Å². The molecule has 200 valence electrons. The van der Waals surface area contributed by atoms with Gasteiger partial charge in [0.2, 0.25) is 0 Å². The number of ether oxygens (including phenoxy) is 1. The average Bonchev–Trinajstić information content (AvgIpc) is 2.96. The number of nitrogens with zero attached hydrogens (tertiary/aromatic N) is 4. The standard InChI is InChI=1S/C32H35N5O2/c1-21-33-30(23-11-13-25(14-12-23)36(2)3)18-31(34-21)28-19-37-16-15-24(28)17-26(37)20-39-32(38)35-29-10-6-8-22-7-4-5-9-27(22)29/h4-14,18,24,26,28H,15-17,19-20H2,1-3H3,(H,35,38)/t24-,26+,28-/m0/s1. The number of hydrogen-bond donors (Lipinski definition) is 1. The highest BCUT2D eigenvalue weighted by Crippen LogP contribution is 2.42. The summed E-state index contributed by atoms with van der Waals surface area (Å²) >= 11 is 0. The highest BCUT2D eigenvalue weighted by molar-refractivity contribution is 6.00. The Morgan fingerprint density at radius 2 is 1.85 bits per heavy atom. The Hall–Kier alpha value is -3.97. The third-order valence-corrected chi connectivity index (χ3v) is 8.23. The van der Waals surface area contributed by atoms with Gasteiger partial charge in [0.15, 0.2) is 0 Å². The number of hydrogen-bond acceptors (Lipinski definition) is 6. The van der Waals surface area contributed by atoms with Crippen molar-refractivity contribution in [3.8, 4) is 11.3 Å². The van der Waals surface area contributed by atoms with Crippen LogP contribution in [0.1, 0.15) is 30.3 Å². The van der Waals surface area contributed by atoms with Gasteiger partial charge >= 0.3 is 6.09 Å². The zero-order valence-corrected chi connectivity index (χ0v) is 22.8. The molecular formula is C32H35N5O2. The Balaban J connectivity index is 1.11. The van der Waals surface area contributed by atoms with Crippen molar-refractivity contribution in [2.45, 2.75) is 31.7 Å². The molecule has 7 heteroatoms. The molecule has 3 aliphatic rings. The summed E-state index contributed by atoms with van der Waals surface area (Å²) < 4.78 is 5.73. The smallest absolute Gasteiger partial charge is 0.411 e. The van der Waals surface area contributed by atoms with E-state index in [4.69, 9.17) is 14.7 Å². The quantitative estimate of drug-likeness (QED) is 0.331. The van der Waals surface area contributed by atoms with Crippen LogP contribution >= 0.6 is 0 Å². The van der Waals surface area contributed by atoms with Gasteiger partial charge in [-0.1, -0.05) is 48.5 Å². The lowest BCUT2D eigenvalue weighted by Gasteiger charge is -2.49. The number of anilines is 2. The van der Waals surface area contributed by atoms with E-state index in [-0.39, 0.29) is 6.04 Å². The number of carbonyl (C=O) groups excluding carboxylic acids is 1. The maximum absolute atomic E-state index is 12.7. The minimum absolute atomic E-state index is 0.235. The molecule has 0 saturated carbocycles. The second kappa shape index (κ2) is 10.7. The van der Waals surface area contributed by atoms with Gasteiger partial charge in [0.1, 0.15) is 12.4 Å². The molecule has 1 N–H and O–H groups in total. The maximum atomic E-state index is 12.7. The van der Waals surface area contributed by atoms with Crippen LogP contribution in [-0.4, -0.2) is 60.8 Å². The van der Waals surface area contributed by atoms with Crippen molar-refractivity contribution in [2.24, 2.45) is 5.92 Å². The van der Waals surface area contributed by atoms with E-state index < -0.39 is 6.09 Å². The van der Waals surface area contributed by atoms with Crippen LogP contribution in [0.15, 0.2) is 72.8 Å². The molecule has 4 aromatic rings. The molecule has 1 amide bonds. The predicted molar refractivity (Wildman–Crippen MR) is 156 cm³/mol. The molecule has 0 spiro atoms. The summed E-state index contributed by atoms with van der Waals surface area (Å²) in [6.45, 7) is 4.34. The highest BCUT2D eigenvalue weighted by atomic mass is 16.5. The van der Waals surface area contributed by atoms with Crippen LogP contribution in [0, 0.1) is 12.8 Å². The fourth-order valence-corrected chi connectivity index (χ4v) is 6.16. The molecule has 4 heterocycles. The number of aryl methyl sites for hydroxylation is 1. The number of amides is 1. The Bertz CT molecular complexity index is 1480. The number of aromatic nitrogens is 2. The van der Waals surface area contributed by atoms with E-state index in [1.807, 2.05) is 63.5 Å². The topological polar surface area (TPSA) is 70.6 Å². The lowest BCUT2D eigenvalue weighted by atomic mass is 9.74. The van der Waals surface area contributed by atoms with Gasteiger partial charge < -0.3 is 9.64 Å². The van der Waals surface area contributed by atoms with Crippen molar-refractivity contribution in [3.63, 3.8) is 0 Å². The van der Waals surface area contributed by atoms with Crippen LogP contribution in [0.5, 0.6) is 0 Å². The van der Waals surface area contributed by atoms with Crippen molar-refractivity contribution < 1.29 is 9.53 Å². The third kappa shape index (κ3) is 5.32. The minimum Gasteiger partial charge on any atom is -0.448 e. The molecule has 1 unspecified atom stereocenters. The van der Waals surface area contributed by atoms with E-state index in [2.05, 4.69) is 45.4 Å². The summed E-state index contributed by atoms with van der Waals surface area (Å²) in [5.74, 6) is 1.68. The van der Waals surface area contributed by atoms with Crippen molar-refractivity contribution >= 4 is 28.2 Å². The van der Waals surface area contributed by atoms with Crippen LogP contribution < -0.4 is 10.2 Å². The lowest BCUT2D eigenvalue weighted by molar-refractivity contribution is -0.00150. The van der Waals surface area contributed by atoms with Crippen LogP contribution in [0.3, 0.4) is 0 Å². The van der Waals surface area contributed by atoms with Crippen molar-refractivity contribution in [2.75, 3.05) is 44.0 Å². The number of carbonyl (C=O) groups is 1. The van der Waals surface area contributed by atoms with Crippen molar-refractivity contribution in [3.05, 3.63) is 84.3 Å². The molecule has 7 nitrogen and oxygen atoms in total. The van der Waals surface area contributed by atoms with Crippen molar-refractivity contribution in [1.29, 1.82) is 0 Å². The molecule has 3 fully saturated rings. The van der Waals surface area contributed by atoms with Crippen LogP contribution in [0.2, 0.25) is 0 Å². The fraction of sp³-hybridized carbons (Fsp3) is 0.344. The van der Waals surface area contributed by atoms with Crippen LogP contribution in [0.25, 0.3) is 22.0 Å². The highest BCUT2D eigenvalue weighted by Gasteiger charge is 2.42. The SMILES string of the molecule is Cc1nc(-c2ccc(N(C)C)cc2)cc([C@H]2CN3CC[C@H]2C[C@@H]3COC(=O)Nc2cccc3ccccc23)n1. The summed E-state index contributed by atoms with van der Waals surface area (Å²) in [4.78, 5) is 26.9. The van der Waals surface area contributed by atoms with E-state index >= 15 is 0 Å². The Morgan fingerprint density at radius 3 is 2.62 bits per heavy atom. The first-order valence-corrected chi connectivity index (χ1v) is 13.7. The van der Waals surface area contributed by atoms with Gasteiger partial charge in [-0.2, -0.15) is 0 Å². The molecular weight excluding hydrogens is 486 g/mol. The molecule has 1 aromatic heterocycles. The molecule has 7 rings (SSSR count). The number of benzene rings is 3. The van der Waals surface area contributed by atoms with E-state index in [1.54, 1.807) is 0 Å². The van der Waals surface area contributed by atoms with E-state index in [0.29, 0.717) is 18.4 Å². The first-order chi connectivity index (χ1) is 18.9. The second-order valence-electron chi connectivity index (χ2n) is 11.0. The molecule has 3 aliphatic heterocycles. The van der Waals surface area contributed by atoms with E-state index in [9.17, 15) is 4.79 Å². The second-order valence-corrected chi connectivity index (χ2v) is 11.0. The van der Waals surface area contributed by atoms with Gasteiger partial charge in [0.05, 0.1) is 11.4 Å². The fourth-order valence-electron chi connectivity index (χ4n) is 6.16. The number of piperidine rings is 3. The first-order valence-electron chi connectivity index (χ1n) is 13.7. The molecule has 39 heavy (non-hydrogen) atoms. The monoisotopic (exact) mass is 521 g/mol. The molecule has 4 atom stereocenters. The van der Waals surface area contributed by atoms with Gasteiger partial charge in [0, 0.05) is 54.9 Å². The van der Waals surface area contributed by atoms with Gasteiger partial charge in [-0.05, 0) is 61.9 Å². The molecule has 2 bridgehead atoms. The number of rotatable bonds is 6. The zero-order chi connectivity index (χ0) is 26.9. The van der Waals surface area contributed by atoms with Crippen LogP contribution in [0.4, 0.5) is 16.2 Å². The molecule has 0 aliphatic carbocycles. The first kappa shape index (κ1) is 25.3. The summed E-state index contributed by atoms with van der Waals surface area (Å²) in [7, 11) is 4.09. The normalized spacial score (nSPS) is 22.0. The Morgan fingerprint density at radius 1 is 1.05 bits per heavy atom. The average molecular weight is 522 g/mol. The third-order valence-electron chi connectivity index (χ3n) is 8.23. The lowest BCUT2D eigenvalue weighted by Crippen LogP contribution is -2.54. The summed E-state index contributed by atoms with van der Waals surface area (Å²) in [6.07, 6.45) is 1.74. The van der Waals surface area contributed by atoms with Crippen LogP contribution in [-0.2, 0) is 4.74 Å². The summed E-state index contributed by atoms with van der Waals surface area (Å²) in [5.41, 5.74) is 5.15. The minimum atomic E-state index is -0.401. The predicted octanol–water partition coefficient (Wildman–Crippen LogP) is 6.10. The molecule has 3 saturated heterocycles. The van der Waals surface area contributed by atoms with Gasteiger partial charge in [-0.3, -0.25) is 10.2 Å². The van der Waals surface area contributed by atoms with E-state index in [1.165, 1.54) is 5.69 Å². The van der Waals surface area contributed by atoms with Crippen molar-refractivity contribution in [1.82, 2.24) is 14.9 Å². The Labute approximate surface area is 229 Å². The molecule has 0 radical (unpaired) electrons. The van der Waals surface area contributed by atoms with Gasteiger partial charge in [-0.15, -0.1) is 0 Å².